The minimum atomic E-state index is -4.67. The normalized spacial score (nSPS) is 11.4. The van der Waals surface area contributed by atoms with Gasteiger partial charge in [0.1, 0.15) is 4.90 Å². The maximum absolute atomic E-state index is 12.8. The number of carbonyl (C=O) groups excluding carboxylic acids is 2. The maximum Gasteiger partial charge on any atom is 0.422 e. The summed E-state index contributed by atoms with van der Waals surface area (Å²) in [5.41, 5.74) is 5.13. The Labute approximate surface area is 274 Å². The number of ether oxygens (including phenoxy) is 3. The monoisotopic (exact) mass is 729 g/mol. The van der Waals surface area contributed by atoms with Crippen molar-refractivity contribution in [3.63, 3.8) is 0 Å². The first kappa shape index (κ1) is 39.7. The van der Waals surface area contributed by atoms with Crippen LogP contribution in [0.2, 0.25) is 0 Å². The summed E-state index contributed by atoms with van der Waals surface area (Å²) < 4.78 is 113. The van der Waals surface area contributed by atoms with Gasteiger partial charge in [-0.3, -0.25) is 5.32 Å². The van der Waals surface area contributed by atoms with E-state index in [4.69, 9.17) is 5.73 Å². The van der Waals surface area contributed by atoms with Gasteiger partial charge in [-0.2, -0.15) is 56.2 Å². The van der Waals surface area contributed by atoms with Gasteiger partial charge >= 0.3 is 36.4 Å². The summed E-state index contributed by atoms with van der Waals surface area (Å²) >= 11 is 0. The number of aryl methyl sites for hydroxylation is 1. The summed E-state index contributed by atoms with van der Waals surface area (Å²) in [7, 11) is 2.62. The second kappa shape index (κ2) is 16.1. The van der Waals surface area contributed by atoms with Gasteiger partial charge in [-0.25, -0.2) is 22.7 Å². The topological polar surface area (TPSA) is 230 Å². The molecule has 0 aliphatic rings. The van der Waals surface area contributed by atoms with Gasteiger partial charge in [-0.05, 0) is 18.6 Å². The number of benzene rings is 1. The van der Waals surface area contributed by atoms with Crippen molar-refractivity contribution in [1.29, 1.82) is 0 Å². The number of hydrogen-bond donors (Lipinski definition) is 3. The predicted molar refractivity (Wildman–Crippen MR) is 158 cm³/mol. The highest BCUT2D eigenvalue weighted by molar-refractivity contribution is 7.90. The summed E-state index contributed by atoms with van der Waals surface area (Å²) in [4.78, 5) is 48.3. The van der Waals surface area contributed by atoms with E-state index in [0.29, 0.717) is 0 Å². The number of nitrogen functional groups attached to an aromatic ring is 1. The Morgan fingerprint density at radius 1 is 0.837 bits per heavy atom. The van der Waals surface area contributed by atoms with Crippen LogP contribution in [0.5, 0.6) is 12.0 Å². The fraction of sp³-hybridized carbons (Fsp3) is 0.417. The Morgan fingerprint density at radius 3 is 1.84 bits per heavy atom. The Morgan fingerprint density at radius 2 is 1.35 bits per heavy atom. The molecule has 0 saturated heterocycles. The largest absolute Gasteiger partial charge is 0.465 e. The Kier molecular flexibility index (Phi) is 13.0. The number of aromatic nitrogens is 6. The average molecular weight is 730 g/mol. The molecule has 0 bridgehead atoms. The van der Waals surface area contributed by atoms with Crippen molar-refractivity contribution in [3.05, 3.63) is 29.3 Å². The van der Waals surface area contributed by atoms with Gasteiger partial charge in [0.25, 0.3) is 10.0 Å². The summed E-state index contributed by atoms with van der Waals surface area (Å²) in [6.07, 6.45) is -9.12. The number of nitrogens with one attached hydrogen (secondary N) is 2. The predicted octanol–water partition coefficient (Wildman–Crippen LogP) is 1.95. The SMILES string of the molecule is CN(C)c1nc(N)nc(OCC(F)(F)F)n1.COC(=O)c1cccc(C)c1S(=O)(=O)NC(=O)Nc1nc(OCC(F)(F)F)nc(N(C)C)n1. The number of alkyl halides is 6. The maximum atomic E-state index is 12.8. The number of amides is 2. The van der Waals surface area contributed by atoms with Crippen LogP contribution in [0.1, 0.15) is 15.9 Å². The number of sulfonamides is 1. The van der Waals surface area contributed by atoms with Crippen LogP contribution in [0, 0.1) is 6.92 Å². The van der Waals surface area contributed by atoms with Crippen molar-refractivity contribution in [3.8, 4) is 12.0 Å². The molecule has 0 unspecified atom stereocenters. The van der Waals surface area contributed by atoms with Gasteiger partial charge in [0.2, 0.25) is 23.8 Å². The third-order valence-electron chi connectivity index (χ3n) is 5.09. The zero-order chi connectivity index (χ0) is 37.3. The van der Waals surface area contributed by atoms with Gasteiger partial charge in [0.05, 0.1) is 12.7 Å². The third kappa shape index (κ3) is 12.9. The molecular weight excluding hydrogens is 700 g/mol. The van der Waals surface area contributed by atoms with Crippen LogP contribution in [0.15, 0.2) is 23.1 Å². The number of methoxy groups -OCH3 is 1. The van der Waals surface area contributed by atoms with E-state index in [1.54, 1.807) is 18.8 Å². The molecule has 2 amide bonds. The van der Waals surface area contributed by atoms with E-state index in [2.05, 4.69) is 44.1 Å². The second-order valence-corrected chi connectivity index (χ2v) is 11.2. The average Bonchev–Trinajstić information content (AvgIpc) is 2.97. The molecule has 0 aliphatic carbocycles. The van der Waals surface area contributed by atoms with Gasteiger partial charge in [-0.1, -0.05) is 12.1 Å². The molecule has 0 atom stereocenters. The van der Waals surface area contributed by atoms with E-state index in [0.717, 1.165) is 7.11 Å². The molecule has 270 valence electrons. The van der Waals surface area contributed by atoms with Crippen LogP contribution < -0.4 is 35.0 Å². The van der Waals surface area contributed by atoms with E-state index >= 15 is 0 Å². The number of nitrogens with two attached hydrogens (primary N) is 1. The summed E-state index contributed by atoms with van der Waals surface area (Å²) in [5, 5.41) is 1.99. The van der Waals surface area contributed by atoms with E-state index in [9.17, 15) is 44.3 Å². The van der Waals surface area contributed by atoms with E-state index in [1.165, 1.54) is 49.0 Å². The van der Waals surface area contributed by atoms with Crippen molar-refractivity contribution in [2.75, 3.05) is 69.4 Å². The lowest BCUT2D eigenvalue weighted by Crippen LogP contribution is -2.36. The Balaban J connectivity index is 0.000000435. The molecule has 0 radical (unpaired) electrons. The molecule has 3 aromatic rings. The molecule has 25 heteroatoms. The van der Waals surface area contributed by atoms with Crippen molar-refractivity contribution < 1.29 is 58.6 Å². The third-order valence-corrected chi connectivity index (χ3v) is 6.63. The first-order valence-electron chi connectivity index (χ1n) is 13.0. The molecule has 1 aromatic carbocycles. The molecule has 0 aliphatic heterocycles. The molecule has 2 heterocycles. The number of esters is 1. The molecule has 2 aromatic heterocycles. The molecule has 0 spiro atoms. The van der Waals surface area contributed by atoms with Crippen LogP contribution >= 0.6 is 0 Å². The van der Waals surface area contributed by atoms with Crippen molar-refractivity contribution in [2.45, 2.75) is 24.2 Å². The lowest BCUT2D eigenvalue weighted by Gasteiger charge is -2.15. The van der Waals surface area contributed by atoms with Crippen LogP contribution in [0.25, 0.3) is 0 Å². The molecule has 3 rings (SSSR count). The van der Waals surface area contributed by atoms with E-state index in [-0.39, 0.29) is 29.0 Å². The first-order chi connectivity index (χ1) is 22.5. The number of halogens is 6. The second-order valence-electron chi connectivity index (χ2n) is 9.62. The number of anilines is 4. The first-order valence-corrected chi connectivity index (χ1v) is 14.5. The molecule has 49 heavy (non-hydrogen) atoms. The van der Waals surface area contributed by atoms with Crippen molar-refractivity contribution in [1.82, 2.24) is 34.6 Å². The van der Waals surface area contributed by atoms with Crippen molar-refractivity contribution >= 4 is 45.8 Å². The summed E-state index contributed by atoms with van der Waals surface area (Å²) in [5.74, 6) is -1.77. The smallest absolute Gasteiger partial charge is 0.422 e. The van der Waals surface area contributed by atoms with Crippen LogP contribution in [-0.4, -0.2) is 111 Å². The highest BCUT2D eigenvalue weighted by Crippen LogP contribution is 2.22. The number of hydrogen-bond acceptors (Lipinski definition) is 16. The fourth-order valence-corrected chi connectivity index (χ4v) is 4.49. The molecule has 0 saturated carbocycles. The lowest BCUT2D eigenvalue weighted by atomic mass is 10.1. The quantitative estimate of drug-likeness (QED) is 0.200. The van der Waals surface area contributed by atoms with Crippen LogP contribution in [-0.2, 0) is 14.8 Å². The minimum Gasteiger partial charge on any atom is -0.465 e. The lowest BCUT2D eigenvalue weighted by molar-refractivity contribution is -0.155. The zero-order valence-corrected chi connectivity index (χ0v) is 27.2. The Hall–Kier alpha value is -5.49. The number of nitrogens with zero attached hydrogens (tertiary/aromatic N) is 8. The number of rotatable bonds is 10. The van der Waals surface area contributed by atoms with Gasteiger partial charge in [0, 0.05) is 28.2 Å². The Bertz CT molecular complexity index is 1740. The van der Waals surface area contributed by atoms with Gasteiger partial charge in [0.15, 0.2) is 13.2 Å². The fourth-order valence-electron chi connectivity index (χ4n) is 3.16. The van der Waals surface area contributed by atoms with Crippen LogP contribution in [0.3, 0.4) is 0 Å². The van der Waals surface area contributed by atoms with Crippen molar-refractivity contribution in [2.24, 2.45) is 0 Å². The van der Waals surface area contributed by atoms with Crippen LogP contribution in [0.4, 0.5) is 54.9 Å². The molecule has 18 nitrogen and oxygen atoms in total. The number of urea groups is 1. The standard InChI is InChI=1S/C17H19F3N6O6S.C7H10F3N5O/c1-9-6-5-7-10(12(27)31-4)11(9)33(29,30)25-15(28)22-13-21-14(26(2)3)24-16(23-13)32-8-17(18,19)20;1-15(2)5-12-4(11)13-6(14-5)16-3-7(8,9)10/h5-7H,8H2,1-4H3,(H2,21,22,23,24,25,28);3H2,1-2H3,(H2,11,12,13,14). The molecule has 0 fully saturated rings. The summed E-state index contributed by atoms with van der Waals surface area (Å²) in [6, 6.07) is 1.47. The summed E-state index contributed by atoms with van der Waals surface area (Å²) in [6.45, 7) is -1.77. The van der Waals surface area contributed by atoms with E-state index < -0.39 is 70.5 Å². The molecule has 4 N–H and O–H groups in total. The zero-order valence-electron chi connectivity index (χ0n) is 26.3. The molecular formula is C24H29F6N11O7S. The highest BCUT2D eigenvalue weighted by Gasteiger charge is 2.31. The minimum absolute atomic E-state index is 0.129. The van der Waals surface area contributed by atoms with E-state index in [1.807, 2.05) is 5.32 Å². The number of carbonyl (C=O) groups is 2. The van der Waals surface area contributed by atoms with Gasteiger partial charge in [-0.15, -0.1) is 0 Å². The van der Waals surface area contributed by atoms with Gasteiger partial charge < -0.3 is 29.7 Å². The highest BCUT2D eigenvalue weighted by atomic mass is 32.2.